The highest BCUT2D eigenvalue weighted by molar-refractivity contribution is 5.83. The van der Waals surface area contributed by atoms with Crippen LogP contribution in [0, 0.1) is 85.7 Å². The molecule has 0 fully saturated rings. The molecular formula is C25H6F5N5. The van der Waals surface area contributed by atoms with Gasteiger partial charge >= 0.3 is 0 Å². The van der Waals surface area contributed by atoms with Crippen molar-refractivity contribution in [1.82, 2.24) is 0 Å². The van der Waals surface area contributed by atoms with Crippen LogP contribution >= 0.6 is 0 Å². The van der Waals surface area contributed by atoms with Crippen LogP contribution in [-0.4, -0.2) is 0 Å². The maximum atomic E-state index is 14.9. The third-order valence-corrected chi connectivity index (χ3v) is 4.93. The molecule has 3 aromatic rings. The molecule has 0 saturated heterocycles. The highest BCUT2D eigenvalue weighted by atomic mass is 19.2. The Morgan fingerprint density at radius 2 is 1.26 bits per heavy atom. The largest absolute Gasteiger partial charge is 0.206 e. The third kappa shape index (κ3) is 4.03. The summed E-state index contributed by atoms with van der Waals surface area (Å²) < 4.78 is 72.9. The molecule has 0 aromatic heterocycles. The smallest absolute Gasteiger partial charge is 0.180 e. The molecule has 0 unspecified atom stereocenters. The second kappa shape index (κ2) is 9.55. The van der Waals surface area contributed by atoms with E-state index >= 15 is 0 Å². The molecule has 0 aliphatic carbocycles. The molecule has 0 aliphatic heterocycles. The van der Waals surface area contributed by atoms with E-state index in [4.69, 9.17) is 21.0 Å². The molecular weight excluding hydrogens is 465 g/mol. The highest BCUT2D eigenvalue weighted by Crippen LogP contribution is 2.29. The van der Waals surface area contributed by atoms with Gasteiger partial charge in [0.2, 0.25) is 0 Å². The molecule has 0 bridgehead atoms. The Hall–Kier alpha value is -5.50. The minimum absolute atomic E-state index is 0.0482. The van der Waals surface area contributed by atoms with Crippen molar-refractivity contribution in [2.45, 2.75) is 0 Å². The molecule has 3 aromatic carbocycles. The molecule has 166 valence electrons. The molecule has 0 spiro atoms. The van der Waals surface area contributed by atoms with Crippen LogP contribution in [0.3, 0.4) is 0 Å². The number of nitriles is 5. The van der Waals surface area contributed by atoms with Gasteiger partial charge in [0.05, 0.1) is 22.8 Å². The van der Waals surface area contributed by atoms with Crippen molar-refractivity contribution in [3.63, 3.8) is 0 Å². The van der Waals surface area contributed by atoms with Crippen molar-refractivity contribution in [2.75, 3.05) is 0 Å². The van der Waals surface area contributed by atoms with E-state index in [9.17, 15) is 27.2 Å². The number of nitrogens with zero attached hydrogens (tertiary/aromatic N) is 5. The van der Waals surface area contributed by atoms with Crippen LogP contribution in [0.2, 0.25) is 0 Å². The van der Waals surface area contributed by atoms with Crippen LogP contribution in [0.4, 0.5) is 22.0 Å². The van der Waals surface area contributed by atoms with E-state index in [1.165, 1.54) is 12.1 Å². The Morgan fingerprint density at radius 1 is 0.629 bits per heavy atom. The first-order chi connectivity index (χ1) is 16.7. The van der Waals surface area contributed by atoms with Crippen LogP contribution in [0.5, 0.6) is 0 Å². The molecule has 5 nitrogen and oxygen atoms in total. The van der Waals surface area contributed by atoms with Gasteiger partial charge in [-0.3, -0.25) is 0 Å². The normalized spacial score (nSPS) is 10.7. The lowest BCUT2D eigenvalue weighted by molar-refractivity contribution is 0.447. The van der Waals surface area contributed by atoms with Crippen molar-refractivity contribution >= 4 is 11.1 Å². The first-order valence-electron chi connectivity index (χ1n) is 9.29. The van der Waals surface area contributed by atoms with Gasteiger partial charge in [0.1, 0.15) is 41.2 Å². The quantitative estimate of drug-likeness (QED) is 0.417. The lowest BCUT2D eigenvalue weighted by atomic mass is 9.93. The van der Waals surface area contributed by atoms with Gasteiger partial charge in [-0.2, -0.15) is 26.3 Å². The van der Waals surface area contributed by atoms with Crippen LogP contribution in [0.25, 0.3) is 22.3 Å². The van der Waals surface area contributed by atoms with Crippen LogP contribution < -0.4 is 10.4 Å². The zero-order valence-electron chi connectivity index (χ0n) is 17.1. The van der Waals surface area contributed by atoms with Gasteiger partial charge in [0.25, 0.3) is 0 Å². The zero-order valence-corrected chi connectivity index (χ0v) is 17.1. The number of hydrogen-bond acceptors (Lipinski definition) is 5. The Bertz CT molecular complexity index is 1710. The highest BCUT2D eigenvalue weighted by Gasteiger charge is 2.28. The Kier molecular flexibility index (Phi) is 6.59. The molecule has 3 rings (SSSR count). The van der Waals surface area contributed by atoms with E-state index in [1.54, 1.807) is 18.2 Å². The van der Waals surface area contributed by atoms with Gasteiger partial charge in [-0.1, -0.05) is 18.2 Å². The third-order valence-electron chi connectivity index (χ3n) is 4.93. The molecule has 0 aliphatic rings. The van der Waals surface area contributed by atoms with E-state index in [2.05, 4.69) is 0 Å². The fourth-order valence-electron chi connectivity index (χ4n) is 3.30. The number of benzene rings is 3. The summed E-state index contributed by atoms with van der Waals surface area (Å²) in [4.78, 5) is 0. The van der Waals surface area contributed by atoms with Crippen molar-refractivity contribution in [2.24, 2.45) is 0 Å². The molecule has 35 heavy (non-hydrogen) atoms. The van der Waals surface area contributed by atoms with Crippen LogP contribution in [0.15, 0.2) is 36.4 Å². The minimum Gasteiger partial charge on any atom is -0.206 e. The summed E-state index contributed by atoms with van der Waals surface area (Å²) in [6.45, 7) is 0. The van der Waals surface area contributed by atoms with Gasteiger partial charge in [-0.25, -0.2) is 22.0 Å². The van der Waals surface area contributed by atoms with Gasteiger partial charge in [-0.15, -0.1) is 0 Å². The summed E-state index contributed by atoms with van der Waals surface area (Å²) in [6.07, 6.45) is 0. The zero-order chi connectivity index (χ0) is 25.9. The standard InChI is InChI=1S/C25H6F5N5/c26-20-5-12(7-31)1-3-16(20)17-6-13(14(8-32)9-33)2-4-15(17)18(10-34)21-24(29)22(27)19(11-35)23(28)25(21)30/h1-6H/b18-15+. The maximum Gasteiger partial charge on any atom is 0.180 e. The number of rotatable bonds is 2. The minimum atomic E-state index is -2.03. The second-order valence-electron chi connectivity index (χ2n) is 6.77. The van der Waals surface area contributed by atoms with Gasteiger partial charge in [0, 0.05) is 16.0 Å². The molecule has 0 N–H and O–H groups in total. The second-order valence-corrected chi connectivity index (χ2v) is 6.77. The molecule has 0 heterocycles. The average Bonchev–Trinajstić information content (AvgIpc) is 2.86. The fourth-order valence-corrected chi connectivity index (χ4v) is 3.30. The summed E-state index contributed by atoms with van der Waals surface area (Å²) in [5.41, 5.74) is -5.00. The summed E-state index contributed by atoms with van der Waals surface area (Å²) in [5, 5.41) is 45.3. The van der Waals surface area contributed by atoms with E-state index in [0.717, 1.165) is 36.4 Å². The van der Waals surface area contributed by atoms with E-state index in [-0.39, 0.29) is 21.9 Å². The van der Waals surface area contributed by atoms with Gasteiger partial charge < -0.3 is 0 Å². The predicted octanol–water partition coefficient (Wildman–Crippen LogP) is 3.71. The number of halogens is 5. The van der Waals surface area contributed by atoms with Crippen molar-refractivity contribution in [3.05, 3.63) is 92.6 Å². The summed E-state index contributed by atoms with van der Waals surface area (Å²) in [7, 11) is 0. The lowest BCUT2D eigenvalue weighted by Gasteiger charge is -2.11. The molecule has 0 saturated carbocycles. The van der Waals surface area contributed by atoms with Crippen molar-refractivity contribution in [3.8, 4) is 41.5 Å². The van der Waals surface area contributed by atoms with Crippen LogP contribution in [0.1, 0.15) is 16.7 Å². The Balaban J connectivity index is 2.63. The Labute approximate surface area is 194 Å². The summed E-state index contributed by atoms with van der Waals surface area (Å²) >= 11 is 0. The first-order valence-corrected chi connectivity index (χ1v) is 9.29. The topological polar surface area (TPSA) is 119 Å². The summed E-state index contributed by atoms with van der Waals surface area (Å²) in [5.74, 6) is -9.10. The van der Waals surface area contributed by atoms with Gasteiger partial charge in [-0.05, 0) is 23.8 Å². The molecule has 0 atom stereocenters. The van der Waals surface area contributed by atoms with E-state index < -0.39 is 56.6 Å². The molecule has 0 radical (unpaired) electrons. The molecule has 10 heteroatoms. The maximum absolute atomic E-state index is 14.9. The average molecular weight is 471 g/mol. The first kappa shape index (κ1) is 24.1. The van der Waals surface area contributed by atoms with Crippen molar-refractivity contribution in [1.29, 1.82) is 26.3 Å². The number of hydrogen-bond donors (Lipinski definition) is 0. The van der Waals surface area contributed by atoms with Crippen molar-refractivity contribution < 1.29 is 22.0 Å². The van der Waals surface area contributed by atoms with Crippen LogP contribution in [-0.2, 0) is 0 Å². The van der Waals surface area contributed by atoms with E-state index in [1.807, 2.05) is 0 Å². The Morgan fingerprint density at radius 3 is 1.74 bits per heavy atom. The monoisotopic (exact) mass is 471 g/mol. The van der Waals surface area contributed by atoms with Gasteiger partial charge in [0.15, 0.2) is 23.3 Å². The lowest BCUT2D eigenvalue weighted by Crippen LogP contribution is -2.19. The predicted molar refractivity (Wildman–Crippen MR) is 110 cm³/mol. The SMILES string of the molecule is N#CC(C#N)=c1cc/c(=C(/C#N)c2c(F)c(F)c(C#N)c(F)c2F)c(-c2ccc(C#N)cc2F)c1. The molecule has 0 amide bonds. The summed E-state index contributed by atoms with van der Waals surface area (Å²) in [6, 6.07) is 13.7. The fraction of sp³-hybridized carbons (Fsp3) is 0. The van der Waals surface area contributed by atoms with E-state index in [0.29, 0.717) is 0 Å².